The molecular formula is C14H18N4O4S. The topological polar surface area (TPSA) is 103 Å². The number of ether oxygens (including phenoxy) is 1. The second kappa shape index (κ2) is 6.47. The van der Waals surface area contributed by atoms with E-state index in [0.29, 0.717) is 11.4 Å². The number of aryl methyl sites for hydroxylation is 1. The van der Waals surface area contributed by atoms with Gasteiger partial charge in [-0.15, -0.1) is 10.2 Å². The Balaban J connectivity index is 2.37. The van der Waals surface area contributed by atoms with Crippen LogP contribution in [0.4, 0.5) is 0 Å². The van der Waals surface area contributed by atoms with Crippen LogP contribution >= 0.6 is 0 Å². The largest absolute Gasteiger partial charge is 0.465 e. The van der Waals surface area contributed by atoms with Crippen LogP contribution in [0, 0.1) is 6.92 Å². The summed E-state index contributed by atoms with van der Waals surface area (Å²) in [6.07, 6.45) is 1.49. The molecule has 0 aliphatic rings. The highest BCUT2D eigenvalue weighted by molar-refractivity contribution is 7.89. The minimum absolute atomic E-state index is 0.0226. The summed E-state index contributed by atoms with van der Waals surface area (Å²) in [7, 11) is -0.863. The first kappa shape index (κ1) is 17.1. The van der Waals surface area contributed by atoms with Gasteiger partial charge >= 0.3 is 5.97 Å². The summed E-state index contributed by atoms with van der Waals surface area (Å²) in [5.74, 6) is -0.101. The molecule has 8 nitrogen and oxygen atoms in total. The number of hydrogen-bond acceptors (Lipinski definition) is 6. The Morgan fingerprint density at radius 2 is 2.09 bits per heavy atom. The van der Waals surface area contributed by atoms with Crippen LogP contribution in [0.3, 0.4) is 0 Å². The standard InChI is InChI=1S/C14H18N4O4S/c1-9-11(14(19)22-4)6-5-7-12(9)23(20,21)17-10(2)13-16-15-8-18(13)3/h5-8,10,17H,1-4H3. The van der Waals surface area contributed by atoms with Gasteiger partial charge in [0.05, 0.1) is 23.6 Å². The van der Waals surface area contributed by atoms with Crippen molar-refractivity contribution < 1.29 is 17.9 Å². The lowest BCUT2D eigenvalue weighted by Crippen LogP contribution is -2.29. The predicted molar refractivity (Wildman–Crippen MR) is 82.3 cm³/mol. The molecule has 0 bridgehead atoms. The highest BCUT2D eigenvalue weighted by atomic mass is 32.2. The van der Waals surface area contributed by atoms with Gasteiger partial charge in [0.2, 0.25) is 10.0 Å². The maximum Gasteiger partial charge on any atom is 0.338 e. The predicted octanol–water partition coefficient (Wildman–Crippen LogP) is 0.950. The quantitative estimate of drug-likeness (QED) is 0.814. The molecule has 2 aromatic rings. The average molecular weight is 338 g/mol. The molecule has 124 valence electrons. The molecule has 1 aromatic heterocycles. The summed E-state index contributed by atoms with van der Waals surface area (Å²) in [6.45, 7) is 3.23. The first-order valence-corrected chi connectivity index (χ1v) is 8.30. The van der Waals surface area contributed by atoms with Crippen molar-refractivity contribution >= 4 is 16.0 Å². The van der Waals surface area contributed by atoms with Crippen molar-refractivity contribution in [1.29, 1.82) is 0 Å². The van der Waals surface area contributed by atoms with Gasteiger partial charge in [0.25, 0.3) is 0 Å². The van der Waals surface area contributed by atoms with Gasteiger partial charge in [-0.25, -0.2) is 17.9 Å². The third-order valence-electron chi connectivity index (χ3n) is 3.44. The van der Waals surface area contributed by atoms with E-state index in [4.69, 9.17) is 0 Å². The smallest absolute Gasteiger partial charge is 0.338 e. The van der Waals surface area contributed by atoms with E-state index < -0.39 is 22.0 Å². The van der Waals surface area contributed by atoms with Crippen molar-refractivity contribution in [2.24, 2.45) is 7.05 Å². The van der Waals surface area contributed by atoms with Gasteiger partial charge in [0.1, 0.15) is 12.2 Å². The Bertz CT molecular complexity index is 829. The first-order chi connectivity index (χ1) is 10.8. The molecular weight excluding hydrogens is 320 g/mol. The Labute approximate surface area is 134 Å². The zero-order valence-electron chi connectivity index (χ0n) is 13.3. The van der Waals surface area contributed by atoms with Crippen molar-refractivity contribution in [3.05, 3.63) is 41.5 Å². The van der Waals surface area contributed by atoms with Gasteiger partial charge in [-0.1, -0.05) is 6.07 Å². The normalized spacial score (nSPS) is 12.9. The SMILES string of the molecule is COC(=O)c1cccc(S(=O)(=O)NC(C)c2nncn2C)c1C. The molecule has 0 radical (unpaired) electrons. The molecule has 0 aliphatic carbocycles. The number of rotatable bonds is 5. The first-order valence-electron chi connectivity index (χ1n) is 6.82. The molecule has 0 saturated heterocycles. The van der Waals surface area contributed by atoms with Gasteiger partial charge in [-0.2, -0.15) is 0 Å². The third kappa shape index (κ3) is 3.40. The van der Waals surface area contributed by atoms with Gasteiger partial charge in [-0.05, 0) is 31.5 Å². The van der Waals surface area contributed by atoms with Crippen LogP contribution in [0.1, 0.15) is 34.7 Å². The molecule has 0 saturated carbocycles. The number of hydrogen-bond donors (Lipinski definition) is 1. The molecule has 0 fully saturated rings. The number of aromatic nitrogens is 3. The zero-order valence-corrected chi connectivity index (χ0v) is 14.1. The van der Waals surface area contributed by atoms with E-state index in [1.165, 1.54) is 31.6 Å². The summed E-state index contributed by atoms with van der Waals surface area (Å²) in [5.41, 5.74) is 0.540. The zero-order chi connectivity index (χ0) is 17.2. The number of nitrogens with zero attached hydrogens (tertiary/aromatic N) is 3. The van der Waals surface area contributed by atoms with Crippen molar-refractivity contribution in [3.8, 4) is 0 Å². The summed E-state index contributed by atoms with van der Waals surface area (Å²) in [5, 5.41) is 7.62. The maximum atomic E-state index is 12.6. The van der Waals surface area contributed by atoms with Gasteiger partial charge in [0, 0.05) is 7.05 Å². The third-order valence-corrected chi connectivity index (χ3v) is 5.13. The average Bonchev–Trinajstić information content (AvgIpc) is 2.92. The summed E-state index contributed by atoms with van der Waals surface area (Å²) in [4.78, 5) is 11.7. The number of carbonyl (C=O) groups excluding carboxylic acids is 1. The molecule has 1 N–H and O–H groups in total. The summed E-state index contributed by atoms with van der Waals surface area (Å²) in [6, 6.07) is 3.88. The van der Waals surface area contributed by atoms with Crippen LogP contribution in [0.5, 0.6) is 0 Å². The Morgan fingerprint density at radius 1 is 1.39 bits per heavy atom. The van der Waals surface area contributed by atoms with Gasteiger partial charge in [-0.3, -0.25) is 0 Å². The molecule has 0 spiro atoms. The molecule has 9 heteroatoms. The number of carbonyl (C=O) groups is 1. The lowest BCUT2D eigenvalue weighted by atomic mass is 10.1. The van der Waals surface area contributed by atoms with Gasteiger partial charge < -0.3 is 9.30 Å². The molecule has 2 rings (SSSR count). The number of esters is 1. The monoisotopic (exact) mass is 338 g/mol. The van der Waals surface area contributed by atoms with Crippen LogP contribution < -0.4 is 4.72 Å². The number of sulfonamides is 1. The van der Waals surface area contributed by atoms with Crippen molar-refractivity contribution in [3.63, 3.8) is 0 Å². The highest BCUT2D eigenvalue weighted by Crippen LogP contribution is 2.21. The van der Waals surface area contributed by atoms with E-state index in [0.717, 1.165) is 0 Å². The van der Waals surface area contributed by atoms with Crippen molar-refractivity contribution in [2.75, 3.05) is 7.11 Å². The molecule has 1 atom stereocenters. The van der Waals surface area contributed by atoms with E-state index in [1.807, 2.05) is 0 Å². The van der Waals surface area contributed by atoms with Gasteiger partial charge in [0.15, 0.2) is 0 Å². The van der Waals surface area contributed by atoms with E-state index in [1.54, 1.807) is 25.5 Å². The molecule has 1 heterocycles. The second-order valence-corrected chi connectivity index (χ2v) is 6.75. The van der Waals surface area contributed by atoms with Crippen LogP contribution in [0.2, 0.25) is 0 Å². The number of nitrogens with one attached hydrogen (secondary N) is 1. The molecule has 0 amide bonds. The highest BCUT2D eigenvalue weighted by Gasteiger charge is 2.24. The lowest BCUT2D eigenvalue weighted by Gasteiger charge is -2.15. The van der Waals surface area contributed by atoms with E-state index in [2.05, 4.69) is 19.7 Å². The fourth-order valence-corrected chi connectivity index (χ4v) is 3.74. The summed E-state index contributed by atoms with van der Waals surface area (Å²) >= 11 is 0. The molecule has 1 aromatic carbocycles. The van der Waals surface area contributed by atoms with Crippen LogP contribution in [-0.2, 0) is 21.8 Å². The number of methoxy groups -OCH3 is 1. The minimum atomic E-state index is -3.84. The summed E-state index contributed by atoms with van der Waals surface area (Å²) < 4.78 is 34.1. The molecule has 1 unspecified atom stereocenters. The minimum Gasteiger partial charge on any atom is -0.465 e. The maximum absolute atomic E-state index is 12.6. The Morgan fingerprint density at radius 3 is 2.65 bits per heavy atom. The molecule has 23 heavy (non-hydrogen) atoms. The Hall–Kier alpha value is -2.26. The van der Waals surface area contributed by atoms with Crippen molar-refractivity contribution in [1.82, 2.24) is 19.5 Å². The van der Waals surface area contributed by atoms with Crippen LogP contribution in [-0.4, -0.2) is 36.3 Å². The fourth-order valence-electron chi connectivity index (χ4n) is 2.27. The van der Waals surface area contributed by atoms with Crippen LogP contribution in [0.15, 0.2) is 29.4 Å². The van der Waals surface area contributed by atoms with E-state index in [9.17, 15) is 13.2 Å². The second-order valence-electron chi connectivity index (χ2n) is 5.06. The lowest BCUT2D eigenvalue weighted by molar-refractivity contribution is 0.0599. The van der Waals surface area contributed by atoms with Crippen molar-refractivity contribution in [2.45, 2.75) is 24.8 Å². The van der Waals surface area contributed by atoms with Crippen LogP contribution in [0.25, 0.3) is 0 Å². The van der Waals surface area contributed by atoms with E-state index >= 15 is 0 Å². The van der Waals surface area contributed by atoms with E-state index in [-0.39, 0.29) is 10.5 Å². The fraction of sp³-hybridized carbons (Fsp3) is 0.357. The number of benzene rings is 1. The molecule has 0 aliphatic heterocycles. The Kier molecular flexibility index (Phi) is 4.81.